The van der Waals surface area contributed by atoms with Crippen LogP contribution >= 0.6 is 11.6 Å². The zero-order valence-corrected chi connectivity index (χ0v) is 12.3. The maximum atomic E-state index is 12.2. The molecule has 1 aliphatic heterocycles. The van der Waals surface area contributed by atoms with Crippen LogP contribution < -0.4 is 4.72 Å². The number of hydrogen-bond donors (Lipinski definition) is 1. The van der Waals surface area contributed by atoms with Gasteiger partial charge in [-0.25, -0.2) is 4.72 Å². The van der Waals surface area contributed by atoms with Gasteiger partial charge in [0.1, 0.15) is 0 Å². The molecule has 1 aliphatic carbocycles. The van der Waals surface area contributed by atoms with Crippen molar-refractivity contribution in [2.24, 2.45) is 5.92 Å². The SMILES string of the molecule is O=S(=O)(NCC1CCCC1Cl)N1CCCCCC1. The van der Waals surface area contributed by atoms with Crippen LogP contribution in [-0.2, 0) is 10.2 Å². The van der Waals surface area contributed by atoms with Crippen molar-refractivity contribution in [2.45, 2.75) is 50.3 Å². The molecule has 2 aliphatic rings. The summed E-state index contributed by atoms with van der Waals surface area (Å²) in [4.78, 5) is 0. The second-order valence-electron chi connectivity index (χ2n) is 5.37. The largest absolute Gasteiger partial charge is 0.279 e. The predicted octanol–water partition coefficient (Wildman–Crippen LogP) is 2.10. The lowest BCUT2D eigenvalue weighted by Gasteiger charge is -2.22. The van der Waals surface area contributed by atoms with Crippen LogP contribution in [0.15, 0.2) is 0 Å². The molecule has 2 fully saturated rings. The molecule has 0 aromatic heterocycles. The van der Waals surface area contributed by atoms with Crippen molar-refractivity contribution in [1.29, 1.82) is 0 Å². The third kappa shape index (κ3) is 3.83. The Hall–Kier alpha value is 0.160. The van der Waals surface area contributed by atoms with Crippen molar-refractivity contribution in [1.82, 2.24) is 9.03 Å². The van der Waals surface area contributed by atoms with Crippen LogP contribution in [0.5, 0.6) is 0 Å². The lowest BCUT2D eigenvalue weighted by atomic mass is 10.1. The fourth-order valence-corrected chi connectivity index (χ4v) is 4.52. The highest BCUT2D eigenvalue weighted by Crippen LogP contribution is 2.29. The van der Waals surface area contributed by atoms with E-state index in [0.29, 0.717) is 25.6 Å². The second kappa shape index (κ2) is 6.55. The molecule has 18 heavy (non-hydrogen) atoms. The van der Waals surface area contributed by atoms with Gasteiger partial charge in [0.05, 0.1) is 0 Å². The number of halogens is 1. The zero-order chi connectivity index (χ0) is 13.0. The van der Waals surface area contributed by atoms with Crippen LogP contribution in [0.4, 0.5) is 0 Å². The first-order valence-electron chi connectivity index (χ1n) is 6.98. The molecule has 0 aromatic rings. The number of nitrogens with one attached hydrogen (secondary N) is 1. The highest BCUT2D eigenvalue weighted by Gasteiger charge is 2.28. The Bertz CT molecular complexity index is 353. The molecule has 0 spiro atoms. The van der Waals surface area contributed by atoms with Crippen LogP contribution in [0.25, 0.3) is 0 Å². The normalized spacial score (nSPS) is 31.4. The number of nitrogens with zero attached hydrogens (tertiary/aromatic N) is 1. The molecule has 0 aromatic carbocycles. The predicted molar refractivity (Wildman–Crippen MR) is 73.9 cm³/mol. The van der Waals surface area contributed by atoms with Crippen molar-refractivity contribution in [3.8, 4) is 0 Å². The summed E-state index contributed by atoms with van der Waals surface area (Å²) in [5, 5.41) is 0.136. The molecule has 106 valence electrons. The summed E-state index contributed by atoms with van der Waals surface area (Å²) >= 11 is 6.17. The van der Waals surface area contributed by atoms with E-state index in [1.165, 1.54) is 0 Å². The molecule has 1 saturated heterocycles. The molecule has 6 heteroatoms. The van der Waals surface area contributed by atoms with Crippen LogP contribution in [0.2, 0.25) is 0 Å². The van der Waals surface area contributed by atoms with E-state index in [4.69, 9.17) is 11.6 Å². The van der Waals surface area contributed by atoms with Gasteiger partial charge in [-0.15, -0.1) is 11.6 Å². The van der Waals surface area contributed by atoms with Gasteiger partial charge in [-0.2, -0.15) is 12.7 Å². The van der Waals surface area contributed by atoms with E-state index >= 15 is 0 Å². The molecule has 1 heterocycles. The fraction of sp³-hybridized carbons (Fsp3) is 1.00. The van der Waals surface area contributed by atoms with Crippen LogP contribution in [-0.4, -0.2) is 37.7 Å². The fourth-order valence-electron chi connectivity index (χ4n) is 2.81. The summed E-state index contributed by atoms with van der Waals surface area (Å²) in [5.41, 5.74) is 0. The summed E-state index contributed by atoms with van der Waals surface area (Å²) in [6.07, 6.45) is 7.39. The summed E-state index contributed by atoms with van der Waals surface area (Å²) in [7, 11) is -3.29. The number of rotatable bonds is 4. The van der Waals surface area contributed by atoms with Gasteiger partial charge in [0.15, 0.2) is 0 Å². The van der Waals surface area contributed by atoms with Gasteiger partial charge < -0.3 is 0 Å². The molecular weight excluding hydrogens is 272 g/mol. The van der Waals surface area contributed by atoms with Crippen molar-refractivity contribution in [2.75, 3.05) is 19.6 Å². The van der Waals surface area contributed by atoms with Crippen molar-refractivity contribution < 1.29 is 8.42 Å². The topological polar surface area (TPSA) is 49.4 Å². The molecule has 1 N–H and O–H groups in total. The lowest BCUT2D eigenvalue weighted by Crippen LogP contribution is -2.43. The molecule has 0 amide bonds. The van der Waals surface area contributed by atoms with E-state index in [-0.39, 0.29) is 5.38 Å². The zero-order valence-electron chi connectivity index (χ0n) is 10.8. The first-order chi connectivity index (χ1) is 8.59. The first kappa shape index (κ1) is 14.6. The van der Waals surface area contributed by atoms with Crippen molar-refractivity contribution >= 4 is 21.8 Å². The molecule has 1 saturated carbocycles. The Balaban J connectivity index is 1.86. The minimum atomic E-state index is -3.29. The van der Waals surface area contributed by atoms with E-state index < -0.39 is 10.2 Å². The summed E-state index contributed by atoms with van der Waals surface area (Å²) in [6, 6.07) is 0. The molecule has 4 nitrogen and oxygen atoms in total. The Morgan fingerprint density at radius 1 is 1.06 bits per heavy atom. The van der Waals surface area contributed by atoms with Crippen LogP contribution in [0, 0.1) is 5.92 Å². The monoisotopic (exact) mass is 294 g/mol. The molecule has 0 radical (unpaired) electrons. The minimum absolute atomic E-state index is 0.136. The maximum Gasteiger partial charge on any atom is 0.279 e. The van der Waals surface area contributed by atoms with Crippen molar-refractivity contribution in [3.63, 3.8) is 0 Å². The van der Waals surface area contributed by atoms with Gasteiger partial charge >= 0.3 is 0 Å². The highest BCUT2D eigenvalue weighted by atomic mass is 35.5. The average molecular weight is 295 g/mol. The van der Waals surface area contributed by atoms with E-state index in [2.05, 4.69) is 4.72 Å². The Morgan fingerprint density at radius 2 is 1.72 bits per heavy atom. The third-order valence-electron chi connectivity index (χ3n) is 4.00. The van der Waals surface area contributed by atoms with E-state index in [1.54, 1.807) is 4.31 Å². The Kier molecular flexibility index (Phi) is 5.30. The van der Waals surface area contributed by atoms with Gasteiger partial charge in [-0.3, -0.25) is 0 Å². The first-order valence-corrected chi connectivity index (χ1v) is 8.86. The quantitative estimate of drug-likeness (QED) is 0.807. The van der Waals surface area contributed by atoms with Crippen molar-refractivity contribution in [3.05, 3.63) is 0 Å². The smallest absolute Gasteiger partial charge is 0.202 e. The number of alkyl halides is 1. The van der Waals surface area contributed by atoms with Gasteiger partial charge in [0, 0.05) is 25.0 Å². The third-order valence-corrected chi connectivity index (χ3v) is 6.15. The van der Waals surface area contributed by atoms with E-state index in [9.17, 15) is 8.42 Å². The van der Waals surface area contributed by atoms with Gasteiger partial charge in [-0.05, 0) is 31.6 Å². The highest BCUT2D eigenvalue weighted by molar-refractivity contribution is 7.87. The Labute approximate surface area is 115 Å². The summed E-state index contributed by atoms with van der Waals surface area (Å²) in [6.45, 7) is 1.81. The Morgan fingerprint density at radius 3 is 2.28 bits per heavy atom. The summed E-state index contributed by atoms with van der Waals surface area (Å²) in [5.74, 6) is 0.299. The minimum Gasteiger partial charge on any atom is -0.202 e. The lowest BCUT2D eigenvalue weighted by molar-refractivity contribution is 0.408. The van der Waals surface area contributed by atoms with E-state index in [0.717, 1.165) is 44.9 Å². The maximum absolute atomic E-state index is 12.2. The molecule has 2 atom stereocenters. The second-order valence-corrected chi connectivity index (χ2v) is 7.69. The average Bonchev–Trinajstić information content (AvgIpc) is 2.59. The summed E-state index contributed by atoms with van der Waals surface area (Å²) < 4.78 is 28.7. The van der Waals surface area contributed by atoms with Gasteiger partial charge in [0.25, 0.3) is 10.2 Å². The molecule has 2 rings (SSSR count). The van der Waals surface area contributed by atoms with Gasteiger partial charge in [-0.1, -0.05) is 19.3 Å². The van der Waals surface area contributed by atoms with Crippen LogP contribution in [0.1, 0.15) is 44.9 Å². The van der Waals surface area contributed by atoms with Gasteiger partial charge in [0.2, 0.25) is 0 Å². The standard InChI is InChI=1S/C12H23ClN2O2S/c13-12-7-5-6-11(12)10-14-18(16,17)15-8-3-1-2-4-9-15/h11-12,14H,1-10H2. The number of hydrogen-bond acceptors (Lipinski definition) is 2. The van der Waals surface area contributed by atoms with Crippen LogP contribution in [0.3, 0.4) is 0 Å². The molecule has 0 bridgehead atoms. The molecule has 2 unspecified atom stereocenters. The molecular formula is C12H23ClN2O2S. The van der Waals surface area contributed by atoms with E-state index in [1.807, 2.05) is 0 Å².